The van der Waals surface area contributed by atoms with Crippen LogP contribution < -0.4 is 5.32 Å². The number of carbonyl (C=O) groups is 2. The highest BCUT2D eigenvalue weighted by atomic mass is 35.5. The number of amides is 2. The largest absolute Gasteiger partial charge is 0.356 e. The number of likely N-dealkylation sites (tertiary alicyclic amines) is 1. The Morgan fingerprint density at radius 1 is 1.33 bits per heavy atom. The zero-order valence-electron chi connectivity index (χ0n) is 11.2. The Labute approximate surface area is 114 Å². The Morgan fingerprint density at radius 3 is 2.44 bits per heavy atom. The predicted molar refractivity (Wildman–Crippen MR) is 72.5 cm³/mol. The topological polar surface area (TPSA) is 49.4 Å². The summed E-state index contributed by atoms with van der Waals surface area (Å²) in [6.07, 6.45) is 2.50. The Hall–Kier alpha value is -0.770. The summed E-state index contributed by atoms with van der Waals surface area (Å²) in [4.78, 5) is 25.0. The van der Waals surface area contributed by atoms with Crippen molar-refractivity contribution in [2.45, 2.75) is 33.1 Å². The number of halogens is 1. The second-order valence-electron chi connectivity index (χ2n) is 5.26. The first-order valence-electron chi connectivity index (χ1n) is 6.66. The summed E-state index contributed by atoms with van der Waals surface area (Å²) in [5.41, 5.74) is 0. The van der Waals surface area contributed by atoms with Crippen LogP contribution >= 0.6 is 11.6 Å². The lowest BCUT2D eigenvalue weighted by Crippen LogP contribution is -2.43. The monoisotopic (exact) mass is 274 g/mol. The third-order valence-corrected chi connectivity index (χ3v) is 3.58. The average molecular weight is 275 g/mol. The number of nitrogens with one attached hydrogen (secondary N) is 1. The van der Waals surface area contributed by atoms with E-state index in [2.05, 4.69) is 19.2 Å². The molecule has 1 saturated heterocycles. The minimum absolute atomic E-state index is 0.0321. The predicted octanol–water partition coefficient (Wildman–Crippen LogP) is 1.63. The van der Waals surface area contributed by atoms with Gasteiger partial charge in [-0.25, -0.2) is 0 Å². The number of hydrogen-bond donors (Lipinski definition) is 1. The summed E-state index contributed by atoms with van der Waals surface area (Å²) in [6, 6.07) is 0. The van der Waals surface area contributed by atoms with Crippen molar-refractivity contribution < 1.29 is 9.59 Å². The number of carbonyl (C=O) groups excluding carboxylic acids is 2. The van der Waals surface area contributed by atoms with Crippen LogP contribution in [0.4, 0.5) is 0 Å². The van der Waals surface area contributed by atoms with Crippen LogP contribution in [0.2, 0.25) is 0 Å². The quantitative estimate of drug-likeness (QED) is 0.775. The molecule has 4 nitrogen and oxygen atoms in total. The van der Waals surface area contributed by atoms with Crippen molar-refractivity contribution in [3.8, 4) is 0 Å². The molecule has 0 aromatic carbocycles. The van der Waals surface area contributed by atoms with Crippen LogP contribution in [0.5, 0.6) is 0 Å². The number of hydrogen-bond acceptors (Lipinski definition) is 2. The molecule has 0 radical (unpaired) electrons. The normalized spacial score (nSPS) is 17.0. The van der Waals surface area contributed by atoms with Crippen LogP contribution in [-0.4, -0.2) is 42.2 Å². The van der Waals surface area contributed by atoms with Gasteiger partial charge in [0.15, 0.2) is 0 Å². The van der Waals surface area contributed by atoms with Crippen LogP contribution in [0.25, 0.3) is 0 Å². The SMILES string of the molecule is CC(C)CCNC(=O)C1CCN(C(=O)CCl)CC1. The first-order chi connectivity index (χ1) is 8.54. The van der Waals surface area contributed by atoms with Crippen molar-refractivity contribution in [1.29, 1.82) is 0 Å². The van der Waals surface area contributed by atoms with E-state index in [1.807, 2.05) is 0 Å². The number of rotatable bonds is 5. The molecule has 1 heterocycles. The fourth-order valence-electron chi connectivity index (χ4n) is 2.10. The molecular weight excluding hydrogens is 252 g/mol. The van der Waals surface area contributed by atoms with E-state index in [0.717, 1.165) is 25.8 Å². The molecule has 1 aliphatic rings. The Balaban J connectivity index is 2.25. The van der Waals surface area contributed by atoms with Gasteiger partial charge in [-0.1, -0.05) is 13.8 Å². The van der Waals surface area contributed by atoms with Gasteiger partial charge in [-0.2, -0.15) is 0 Å². The van der Waals surface area contributed by atoms with E-state index in [1.54, 1.807) is 4.90 Å². The fraction of sp³-hybridized carbons (Fsp3) is 0.846. The minimum atomic E-state index is -0.0321. The zero-order chi connectivity index (χ0) is 13.5. The molecule has 1 aliphatic heterocycles. The molecule has 1 fully saturated rings. The summed E-state index contributed by atoms with van der Waals surface area (Å²) in [6.45, 7) is 6.32. The van der Waals surface area contributed by atoms with Crippen molar-refractivity contribution in [2.24, 2.45) is 11.8 Å². The van der Waals surface area contributed by atoms with Gasteiger partial charge in [-0.15, -0.1) is 11.6 Å². The van der Waals surface area contributed by atoms with Gasteiger partial charge in [0.1, 0.15) is 5.88 Å². The lowest BCUT2D eigenvalue weighted by atomic mass is 9.96. The molecule has 0 bridgehead atoms. The van der Waals surface area contributed by atoms with E-state index in [1.165, 1.54) is 0 Å². The lowest BCUT2D eigenvalue weighted by Gasteiger charge is -2.31. The summed E-state index contributed by atoms with van der Waals surface area (Å²) >= 11 is 5.51. The summed E-state index contributed by atoms with van der Waals surface area (Å²) in [7, 11) is 0. The Morgan fingerprint density at radius 2 is 1.94 bits per heavy atom. The molecule has 0 aliphatic carbocycles. The molecule has 0 unspecified atom stereocenters. The maximum absolute atomic E-state index is 11.9. The molecule has 104 valence electrons. The highest BCUT2D eigenvalue weighted by Gasteiger charge is 2.26. The number of nitrogens with zero attached hydrogens (tertiary/aromatic N) is 1. The number of alkyl halides is 1. The van der Waals surface area contributed by atoms with E-state index < -0.39 is 0 Å². The standard InChI is InChI=1S/C13H23ClN2O2/c1-10(2)3-6-15-13(18)11-4-7-16(8-5-11)12(17)9-14/h10-11H,3-9H2,1-2H3,(H,15,18). The van der Waals surface area contributed by atoms with Crippen molar-refractivity contribution in [1.82, 2.24) is 10.2 Å². The van der Waals surface area contributed by atoms with Gasteiger partial charge < -0.3 is 10.2 Å². The molecule has 0 atom stereocenters. The first kappa shape index (κ1) is 15.3. The molecule has 18 heavy (non-hydrogen) atoms. The molecule has 5 heteroatoms. The first-order valence-corrected chi connectivity index (χ1v) is 7.19. The summed E-state index contributed by atoms with van der Waals surface area (Å²) in [5.74, 6) is 0.791. The molecule has 2 amide bonds. The highest BCUT2D eigenvalue weighted by molar-refractivity contribution is 6.27. The third kappa shape index (κ3) is 4.84. The molecule has 0 aromatic heterocycles. The van der Waals surface area contributed by atoms with E-state index in [4.69, 9.17) is 11.6 Å². The molecule has 0 saturated carbocycles. The average Bonchev–Trinajstić information content (AvgIpc) is 2.37. The maximum Gasteiger partial charge on any atom is 0.237 e. The minimum Gasteiger partial charge on any atom is -0.356 e. The van der Waals surface area contributed by atoms with Gasteiger partial charge in [0, 0.05) is 25.6 Å². The third-order valence-electron chi connectivity index (χ3n) is 3.35. The van der Waals surface area contributed by atoms with Crippen LogP contribution in [0.15, 0.2) is 0 Å². The molecule has 1 N–H and O–H groups in total. The lowest BCUT2D eigenvalue weighted by molar-refractivity contribution is -0.133. The molecule has 0 aromatic rings. The van der Waals surface area contributed by atoms with Crippen LogP contribution in [0, 0.1) is 11.8 Å². The van der Waals surface area contributed by atoms with E-state index >= 15 is 0 Å². The van der Waals surface area contributed by atoms with E-state index in [0.29, 0.717) is 19.0 Å². The van der Waals surface area contributed by atoms with Crippen LogP contribution in [-0.2, 0) is 9.59 Å². The van der Waals surface area contributed by atoms with E-state index in [9.17, 15) is 9.59 Å². The van der Waals surface area contributed by atoms with Gasteiger partial charge >= 0.3 is 0 Å². The Bertz CT molecular complexity index is 287. The second-order valence-corrected chi connectivity index (χ2v) is 5.53. The highest BCUT2D eigenvalue weighted by Crippen LogP contribution is 2.17. The molecule has 1 rings (SSSR count). The Kier molecular flexibility index (Phi) is 6.47. The van der Waals surface area contributed by atoms with Gasteiger partial charge in [-0.05, 0) is 25.2 Å². The summed E-state index contributed by atoms with van der Waals surface area (Å²) in [5, 5.41) is 2.97. The molecule has 0 spiro atoms. The van der Waals surface area contributed by atoms with Crippen molar-refractivity contribution in [3.05, 3.63) is 0 Å². The number of piperidine rings is 1. The second kappa shape index (κ2) is 7.62. The molecular formula is C13H23ClN2O2. The van der Waals surface area contributed by atoms with Crippen LogP contribution in [0.1, 0.15) is 33.1 Å². The van der Waals surface area contributed by atoms with Gasteiger partial charge in [-0.3, -0.25) is 9.59 Å². The van der Waals surface area contributed by atoms with Crippen molar-refractivity contribution in [2.75, 3.05) is 25.5 Å². The van der Waals surface area contributed by atoms with Crippen molar-refractivity contribution >= 4 is 23.4 Å². The summed E-state index contributed by atoms with van der Waals surface area (Å²) < 4.78 is 0. The fourth-order valence-corrected chi connectivity index (χ4v) is 2.27. The van der Waals surface area contributed by atoms with Gasteiger partial charge in [0.05, 0.1) is 0 Å². The van der Waals surface area contributed by atoms with Crippen LogP contribution in [0.3, 0.4) is 0 Å². The maximum atomic E-state index is 11.9. The van der Waals surface area contributed by atoms with Crippen molar-refractivity contribution in [3.63, 3.8) is 0 Å². The van der Waals surface area contributed by atoms with E-state index in [-0.39, 0.29) is 23.6 Å². The van der Waals surface area contributed by atoms with Gasteiger partial charge in [0.2, 0.25) is 11.8 Å². The zero-order valence-corrected chi connectivity index (χ0v) is 12.0. The smallest absolute Gasteiger partial charge is 0.237 e. The van der Waals surface area contributed by atoms with Gasteiger partial charge in [0.25, 0.3) is 0 Å².